The van der Waals surface area contributed by atoms with Crippen LogP contribution in [0.4, 0.5) is 16.2 Å². The number of imide groups is 1. The Morgan fingerprint density at radius 1 is 1.05 bits per heavy atom. The van der Waals surface area contributed by atoms with Crippen molar-refractivity contribution in [1.82, 2.24) is 5.32 Å². The molecule has 0 bridgehead atoms. The zero-order valence-corrected chi connectivity index (χ0v) is 20.2. The first-order chi connectivity index (χ1) is 17.9. The lowest BCUT2D eigenvalue weighted by molar-refractivity contribution is -0.384. The quantitative estimate of drug-likeness (QED) is 0.131. The smallest absolute Gasteiger partial charge is 0.333 e. The third-order valence-electron chi connectivity index (χ3n) is 5.55. The Kier molecular flexibility index (Phi) is 7.63. The van der Waals surface area contributed by atoms with E-state index in [2.05, 4.69) is 11.9 Å². The maximum Gasteiger partial charge on any atom is 0.333 e. The van der Waals surface area contributed by atoms with E-state index in [1.54, 1.807) is 60.7 Å². The zero-order valence-electron chi connectivity index (χ0n) is 20.2. The largest absolute Gasteiger partial charge is 0.490 e. The summed E-state index contributed by atoms with van der Waals surface area (Å²) in [7, 11) is 0. The fraction of sp³-hybridized carbons (Fsp3) is 0.143. The molecule has 1 aliphatic heterocycles. The molecule has 0 spiro atoms. The van der Waals surface area contributed by atoms with Crippen LogP contribution in [-0.2, 0) is 17.8 Å². The second-order valence-corrected chi connectivity index (χ2v) is 8.11. The number of carbonyl (C=O) groups excluding carboxylic acids is 2. The molecule has 9 heteroatoms. The number of carbonyl (C=O) groups is 2. The summed E-state index contributed by atoms with van der Waals surface area (Å²) in [6.07, 6.45) is 3.78. The van der Waals surface area contributed by atoms with Crippen molar-refractivity contribution >= 4 is 29.4 Å². The molecule has 1 aliphatic rings. The highest BCUT2D eigenvalue weighted by molar-refractivity contribution is 6.28. The second-order valence-electron chi connectivity index (χ2n) is 8.11. The highest BCUT2D eigenvalue weighted by atomic mass is 16.6. The Morgan fingerprint density at radius 2 is 1.78 bits per heavy atom. The van der Waals surface area contributed by atoms with Gasteiger partial charge in [0.1, 0.15) is 12.3 Å². The van der Waals surface area contributed by atoms with E-state index in [1.165, 1.54) is 12.1 Å². The minimum absolute atomic E-state index is 0.00266. The maximum atomic E-state index is 13.0. The summed E-state index contributed by atoms with van der Waals surface area (Å²) in [6.45, 7) is 6.21. The monoisotopic (exact) mass is 499 g/mol. The summed E-state index contributed by atoms with van der Waals surface area (Å²) in [5.74, 6) is 0.514. The number of nitrogens with one attached hydrogen (secondary N) is 1. The third-order valence-corrected chi connectivity index (χ3v) is 5.55. The number of hydrogen-bond acceptors (Lipinski definition) is 6. The first-order valence-corrected chi connectivity index (χ1v) is 11.6. The van der Waals surface area contributed by atoms with Crippen LogP contribution in [0.2, 0.25) is 0 Å². The van der Waals surface area contributed by atoms with Gasteiger partial charge in [0.05, 0.1) is 17.2 Å². The van der Waals surface area contributed by atoms with Crippen molar-refractivity contribution in [3.63, 3.8) is 0 Å². The molecule has 3 aromatic rings. The van der Waals surface area contributed by atoms with Gasteiger partial charge < -0.3 is 14.8 Å². The molecule has 0 unspecified atom stereocenters. The number of nitro groups is 1. The van der Waals surface area contributed by atoms with Crippen LogP contribution >= 0.6 is 0 Å². The molecule has 3 aromatic carbocycles. The maximum absolute atomic E-state index is 13.0. The summed E-state index contributed by atoms with van der Waals surface area (Å²) in [5, 5.41) is 13.5. The first-order valence-electron chi connectivity index (χ1n) is 11.6. The molecule has 0 saturated carbocycles. The average molecular weight is 500 g/mol. The minimum Gasteiger partial charge on any atom is -0.490 e. The molecule has 0 aliphatic carbocycles. The molecular weight excluding hydrogens is 474 g/mol. The van der Waals surface area contributed by atoms with E-state index in [1.807, 2.05) is 13.0 Å². The number of benzene rings is 3. The van der Waals surface area contributed by atoms with Gasteiger partial charge in [-0.25, -0.2) is 9.69 Å². The van der Waals surface area contributed by atoms with Crippen molar-refractivity contribution in [3.8, 4) is 11.5 Å². The van der Waals surface area contributed by atoms with Crippen molar-refractivity contribution in [2.45, 2.75) is 20.0 Å². The molecule has 1 N–H and O–H groups in total. The van der Waals surface area contributed by atoms with Crippen molar-refractivity contribution in [1.29, 1.82) is 0 Å². The lowest BCUT2D eigenvalue weighted by Crippen LogP contribution is -2.30. The summed E-state index contributed by atoms with van der Waals surface area (Å²) < 4.78 is 11.9. The van der Waals surface area contributed by atoms with Gasteiger partial charge in [-0.3, -0.25) is 14.9 Å². The number of nitro benzene ring substituents is 1. The summed E-state index contributed by atoms with van der Waals surface area (Å²) in [6, 6.07) is 17.9. The van der Waals surface area contributed by atoms with Crippen LogP contribution in [0.3, 0.4) is 0 Å². The van der Waals surface area contributed by atoms with Crippen LogP contribution in [0.15, 0.2) is 85.1 Å². The van der Waals surface area contributed by atoms with Crippen LogP contribution in [-0.4, -0.2) is 23.5 Å². The van der Waals surface area contributed by atoms with Gasteiger partial charge in [-0.2, -0.15) is 0 Å². The molecule has 9 nitrogen and oxygen atoms in total. The Balaban J connectivity index is 1.63. The van der Waals surface area contributed by atoms with Gasteiger partial charge in [0.15, 0.2) is 11.5 Å². The number of rotatable bonds is 10. The number of amides is 3. The number of para-hydroxylation sites is 1. The SMILES string of the molecule is C=CCc1cc(/C=C2/NC(=O)N(c3ccccc3)C2=O)cc(OCC)c1OCc1ccc([N+](=O)[O-])cc1. The zero-order chi connectivity index (χ0) is 26.4. The highest BCUT2D eigenvalue weighted by Gasteiger charge is 2.34. The molecular formula is C28H25N3O6. The van der Waals surface area contributed by atoms with E-state index in [4.69, 9.17) is 9.47 Å². The van der Waals surface area contributed by atoms with Gasteiger partial charge >= 0.3 is 6.03 Å². The van der Waals surface area contributed by atoms with Gasteiger partial charge in [0, 0.05) is 17.7 Å². The fourth-order valence-corrected chi connectivity index (χ4v) is 3.88. The number of anilines is 1. The summed E-state index contributed by atoms with van der Waals surface area (Å²) in [5.41, 5.74) is 2.78. The van der Waals surface area contributed by atoms with Crippen molar-refractivity contribution < 1.29 is 24.0 Å². The predicted octanol–water partition coefficient (Wildman–Crippen LogP) is 5.40. The Bertz CT molecular complexity index is 1370. The summed E-state index contributed by atoms with van der Waals surface area (Å²) in [4.78, 5) is 37.0. The Hall–Kier alpha value is -4.92. The van der Waals surface area contributed by atoms with Crippen molar-refractivity contribution in [2.24, 2.45) is 0 Å². The molecule has 0 radical (unpaired) electrons. The van der Waals surface area contributed by atoms with Crippen LogP contribution in [0.1, 0.15) is 23.6 Å². The number of nitrogens with zero attached hydrogens (tertiary/aromatic N) is 2. The highest BCUT2D eigenvalue weighted by Crippen LogP contribution is 2.36. The van der Waals surface area contributed by atoms with Gasteiger partial charge in [-0.1, -0.05) is 24.3 Å². The van der Waals surface area contributed by atoms with E-state index in [0.717, 1.165) is 16.0 Å². The fourth-order valence-electron chi connectivity index (χ4n) is 3.88. The standard InChI is InChI=1S/C28H25N3O6/c1-3-8-21-15-20(16-24-27(32)30(28(33)29-24)22-9-6-5-7-10-22)17-25(36-4-2)26(21)37-18-19-11-13-23(14-12-19)31(34)35/h3,5-7,9-17H,1,4,8,18H2,2H3,(H,29,33)/b24-16+. The van der Waals surface area contributed by atoms with Gasteiger partial charge in [-0.05, 0) is 66.9 Å². The first kappa shape index (κ1) is 25.2. The Morgan fingerprint density at radius 3 is 2.43 bits per heavy atom. The molecule has 1 fully saturated rings. The molecule has 4 rings (SSSR count). The average Bonchev–Trinajstić information content (AvgIpc) is 3.17. The molecule has 0 atom stereocenters. The lowest BCUT2D eigenvalue weighted by atomic mass is 10.0. The molecule has 3 amide bonds. The molecule has 0 aromatic heterocycles. The van der Waals surface area contributed by atoms with Gasteiger partial charge in [-0.15, -0.1) is 6.58 Å². The normalized spacial score (nSPS) is 14.0. The van der Waals surface area contributed by atoms with Crippen LogP contribution in [0.5, 0.6) is 11.5 Å². The van der Waals surface area contributed by atoms with E-state index in [0.29, 0.717) is 35.8 Å². The third kappa shape index (κ3) is 5.67. The molecule has 37 heavy (non-hydrogen) atoms. The Labute approximate surface area is 213 Å². The summed E-state index contributed by atoms with van der Waals surface area (Å²) >= 11 is 0. The number of non-ortho nitro benzene ring substituents is 1. The number of ether oxygens (including phenoxy) is 2. The lowest BCUT2D eigenvalue weighted by Gasteiger charge is -2.17. The van der Waals surface area contributed by atoms with E-state index < -0.39 is 16.9 Å². The minimum atomic E-state index is -0.526. The number of allylic oxidation sites excluding steroid dienone is 1. The molecule has 1 saturated heterocycles. The number of urea groups is 1. The molecule has 1 heterocycles. The topological polar surface area (TPSA) is 111 Å². The van der Waals surface area contributed by atoms with E-state index in [9.17, 15) is 19.7 Å². The second kappa shape index (κ2) is 11.2. The van der Waals surface area contributed by atoms with E-state index in [-0.39, 0.29) is 18.0 Å². The van der Waals surface area contributed by atoms with Gasteiger partial charge in [0.2, 0.25) is 0 Å². The van der Waals surface area contributed by atoms with Crippen LogP contribution in [0.25, 0.3) is 6.08 Å². The van der Waals surface area contributed by atoms with Crippen molar-refractivity contribution in [2.75, 3.05) is 11.5 Å². The van der Waals surface area contributed by atoms with Crippen LogP contribution in [0, 0.1) is 10.1 Å². The molecule has 188 valence electrons. The van der Waals surface area contributed by atoms with Gasteiger partial charge in [0.25, 0.3) is 11.6 Å². The van der Waals surface area contributed by atoms with E-state index >= 15 is 0 Å². The number of hydrogen-bond donors (Lipinski definition) is 1. The predicted molar refractivity (Wildman–Crippen MR) is 139 cm³/mol. The van der Waals surface area contributed by atoms with Crippen LogP contribution < -0.4 is 19.7 Å². The van der Waals surface area contributed by atoms with Crippen molar-refractivity contribution in [3.05, 3.63) is 112 Å².